The highest BCUT2D eigenvalue weighted by molar-refractivity contribution is 5.80. The van der Waals surface area contributed by atoms with Crippen LogP contribution in [0.25, 0.3) is 0 Å². The zero-order chi connectivity index (χ0) is 17.4. The molecule has 4 rings (SSSR count). The van der Waals surface area contributed by atoms with Gasteiger partial charge in [-0.15, -0.1) is 0 Å². The third-order valence-electron chi connectivity index (χ3n) is 5.59. The SMILES string of the molecule is CC(C)n1cc(C2N(C(=O)Cc3ccoc3)CC23CCOCC3)cn1. The number of amides is 1. The van der Waals surface area contributed by atoms with Gasteiger partial charge in [0.15, 0.2) is 0 Å². The summed E-state index contributed by atoms with van der Waals surface area (Å²) in [6.45, 7) is 6.59. The smallest absolute Gasteiger partial charge is 0.227 e. The largest absolute Gasteiger partial charge is 0.472 e. The van der Waals surface area contributed by atoms with Crippen LogP contribution in [0, 0.1) is 5.41 Å². The molecule has 0 N–H and O–H groups in total. The van der Waals surface area contributed by atoms with E-state index in [0.717, 1.165) is 43.7 Å². The molecule has 134 valence electrons. The lowest BCUT2D eigenvalue weighted by atomic mass is 9.64. The Morgan fingerprint density at radius 3 is 2.84 bits per heavy atom. The molecule has 2 aromatic heterocycles. The van der Waals surface area contributed by atoms with Crippen LogP contribution in [0.5, 0.6) is 0 Å². The van der Waals surface area contributed by atoms with Gasteiger partial charge in [0.05, 0.1) is 31.2 Å². The maximum absolute atomic E-state index is 12.9. The first-order valence-electron chi connectivity index (χ1n) is 9.01. The lowest BCUT2D eigenvalue weighted by molar-refractivity contribution is -0.168. The summed E-state index contributed by atoms with van der Waals surface area (Å²) in [6, 6.07) is 2.27. The van der Waals surface area contributed by atoms with Gasteiger partial charge in [-0.3, -0.25) is 9.48 Å². The van der Waals surface area contributed by atoms with E-state index in [1.807, 2.05) is 21.8 Å². The molecule has 6 heteroatoms. The summed E-state index contributed by atoms with van der Waals surface area (Å²) in [5.74, 6) is 0.154. The van der Waals surface area contributed by atoms with Gasteiger partial charge in [-0.2, -0.15) is 5.10 Å². The van der Waals surface area contributed by atoms with Crippen molar-refractivity contribution >= 4 is 5.91 Å². The van der Waals surface area contributed by atoms with E-state index in [1.165, 1.54) is 0 Å². The lowest BCUT2D eigenvalue weighted by Gasteiger charge is -2.59. The molecule has 6 nitrogen and oxygen atoms in total. The number of aromatic nitrogens is 2. The molecule has 0 bridgehead atoms. The summed E-state index contributed by atoms with van der Waals surface area (Å²) < 4.78 is 12.6. The Morgan fingerprint density at radius 1 is 1.40 bits per heavy atom. The van der Waals surface area contributed by atoms with Gasteiger partial charge in [-0.1, -0.05) is 0 Å². The minimum atomic E-state index is 0.100. The minimum absolute atomic E-state index is 0.100. The first-order chi connectivity index (χ1) is 12.1. The quantitative estimate of drug-likeness (QED) is 0.856. The number of likely N-dealkylation sites (tertiary alicyclic amines) is 1. The number of carbonyl (C=O) groups excluding carboxylic acids is 1. The zero-order valence-corrected chi connectivity index (χ0v) is 14.9. The lowest BCUT2D eigenvalue weighted by Crippen LogP contribution is -2.62. The number of ether oxygens (including phenoxy) is 1. The summed E-state index contributed by atoms with van der Waals surface area (Å²) in [4.78, 5) is 14.9. The monoisotopic (exact) mass is 343 g/mol. The molecular formula is C19H25N3O3. The molecule has 2 saturated heterocycles. The number of furan rings is 1. The standard InChI is InChI=1S/C19H25N3O3/c1-14(2)22-11-16(10-20-22)18-19(4-7-24-8-5-19)13-21(18)17(23)9-15-3-6-25-12-15/h3,6,10-12,14,18H,4-5,7-9,13H2,1-2H3. The maximum atomic E-state index is 12.9. The Labute approximate surface area is 147 Å². The summed E-state index contributed by atoms with van der Waals surface area (Å²) >= 11 is 0. The van der Waals surface area contributed by atoms with Crippen LogP contribution in [0.4, 0.5) is 0 Å². The molecule has 25 heavy (non-hydrogen) atoms. The zero-order valence-electron chi connectivity index (χ0n) is 14.9. The molecule has 1 spiro atoms. The average Bonchev–Trinajstić information content (AvgIpc) is 3.25. The van der Waals surface area contributed by atoms with Gasteiger partial charge in [0.1, 0.15) is 0 Å². The molecule has 2 aromatic rings. The molecule has 1 atom stereocenters. The molecule has 0 radical (unpaired) electrons. The van der Waals surface area contributed by atoms with Crippen LogP contribution in [0.1, 0.15) is 49.9 Å². The molecule has 0 aromatic carbocycles. The van der Waals surface area contributed by atoms with Crippen LogP contribution in [-0.4, -0.2) is 40.3 Å². The van der Waals surface area contributed by atoms with Crippen molar-refractivity contribution in [3.8, 4) is 0 Å². The first kappa shape index (κ1) is 16.4. The number of nitrogens with zero attached hydrogens (tertiary/aromatic N) is 3. The number of carbonyl (C=O) groups is 1. The van der Waals surface area contributed by atoms with Gasteiger partial charge >= 0.3 is 0 Å². The van der Waals surface area contributed by atoms with Crippen LogP contribution < -0.4 is 0 Å². The van der Waals surface area contributed by atoms with Gasteiger partial charge in [-0.05, 0) is 38.3 Å². The summed E-state index contributed by atoms with van der Waals surface area (Å²) in [7, 11) is 0. The van der Waals surface area contributed by atoms with Gasteiger partial charge in [-0.25, -0.2) is 0 Å². The number of rotatable bonds is 4. The summed E-state index contributed by atoms with van der Waals surface area (Å²) in [6.07, 6.45) is 9.68. The van der Waals surface area contributed by atoms with E-state index >= 15 is 0 Å². The fourth-order valence-electron chi connectivity index (χ4n) is 4.16. The van der Waals surface area contributed by atoms with E-state index in [1.54, 1.807) is 12.5 Å². The normalized spacial score (nSPS) is 22.4. The Balaban J connectivity index is 1.59. The minimum Gasteiger partial charge on any atom is -0.472 e. The predicted octanol–water partition coefficient (Wildman–Crippen LogP) is 2.98. The third kappa shape index (κ3) is 2.88. The molecular weight excluding hydrogens is 318 g/mol. The van der Waals surface area contributed by atoms with Crippen molar-refractivity contribution in [1.29, 1.82) is 0 Å². The highest BCUT2D eigenvalue weighted by atomic mass is 16.5. The van der Waals surface area contributed by atoms with Crippen molar-refractivity contribution in [1.82, 2.24) is 14.7 Å². The van der Waals surface area contributed by atoms with Crippen molar-refractivity contribution in [2.75, 3.05) is 19.8 Å². The van der Waals surface area contributed by atoms with Gasteiger partial charge in [0.25, 0.3) is 0 Å². The van der Waals surface area contributed by atoms with E-state index in [9.17, 15) is 4.79 Å². The highest BCUT2D eigenvalue weighted by Crippen LogP contribution is 2.54. The molecule has 0 aliphatic carbocycles. The molecule has 4 heterocycles. The Bertz CT molecular complexity index is 729. The molecule has 2 aliphatic heterocycles. The second kappa shape index (κ2) is 6.33. The van der Waals surface area contributed by atoms with E-state index in [2.05, 4.69) is 25.1 Å². The molecule has 2 fully saturated rings. The third-order valence-corrected chi connectivity index (χ3v) is 5.59. The second-order valence-corrected chi connectivity index (χ2v) is 7.55. The topological polar surface area (TPSA) is 60.5 Å². The van der Waals surface area contributed by atoms with Crippen LogP contribution >= 0.6 is 0 Å². The molecule has 1 unspecified atom stereocenters. The highest BCUT2D eigenvalue weighted by Gasteiger charge is 2.55. The van der Waals surface area contributed by atoms with Gasteiger partial charge < -0.3 is 14.1 Å². The van der Waals surface area contributed by atoms with Crippen LogP contribution in [0.3, 0.4) is 0 Å². The van der Waals surface area contributed by atoms with Crippen LogP contribution in [-0.2, 0) is 16.0 Å². The molecule has 1 amide bonds. The predicted molar refractivity (Wildman–Crippen MR) is 92.0 cm³/mol. The fourth-order valence-corrected chi connectivity index (χ4v) is 4.16. The van der Waals surface area contributed by atoms with E-state index < -0.39 is 0 Å². The van der Waals surface area contributed by atoms with Crippen molar-refractivity contribution < 1.29 is 13.9 Å². The average molecular weight is 343 g/mol. The van der Waals surface area contributed by atoms with E-state index in [0.29, 0.717) is 12.5 Å². The Hall–Kier alpha value is -2.08. The van der Waals surface area contributed by atoms with Crippen molar-refractivity contribution in [2.45, 2.75) is 45.2 Å². The maximum Gasteiger partial charge on any atom is 0.227 e. The Morgan fingerprint density at radius 2 is 2.20 bits per heavy atom. The summed E-state index contributed by atoms with van der Waals surface area (Å²) in [5.41, 5.74) is 2.20. The van der Waals surface area contributed by atoms with Crippen LogP contribution in [0.2, 0.25) is 0 Å². The van der Waals surface area contributed by atoms with Gasteiger partial charge in [0, 0.05) is 43.0 Å². The van der Waals surface area contributed by atoms with Gasteiger partial charge in [0.2, 0.25) is 5.91 Å². The van der Waals surface area contributed by atoms with E-state index in [4.69, 9.17) is 9.15 Å². The first-order valence-corrected chi connectivity index (χ1v) is 9.01. The van der Waals surface area contributed by atoms with Crippen molar-refractivity contribution in [3.63, 3.8) is 0 Å². The van der Waals surface area contributed by atoms with Crippen molar-refractivity contribution in [3.05, 3.63) is 42.1 Å². The second-order valence-electron chi connectivity index (χ2n) is 7.55. The Kier molecular flexibility index (Phi) is 4.15. The number of hydrogen-bond acceptors (Lipinski definition) is 4. The molecule has 0 saturated carbocycles. The fraction of sp³-hybridized carbons (Fsp3) is 0.579. The van der Waals surface area contributed by atoms with Crippen molar-refractivity contribution in [2.24, 2.45) is 5.41 Å². The van der Waals surface area contributed by atoms with Crippen LogP contribution in [0.15, 0.2) is 35.4 Å². The van der Waals surface area contributed by atoms with E-state index in [-0.39, 0.29) is 17.4 Å². The molecule has 2 aliphatic rings. The summed E-state index contributed by atoms with van der Waals surface area (Å²) in [5, 5.41) is 4.50. The number of hydrogen-bond donors (Lipinski definition) is 0.